The Labute approximate surface area is 90.6 Å². The van der Waals surface area contributed by atoms with Crippen LogP contribution in [0.1, 0.15) is 12.8 Å². The minimum absolute atomic E-state index is 0.742. The van der Waals surface area contributed by atoms with E-state index in [2.05, 4.69) is 5.32 Å². The van der Waals surface area contributed by atoms with E-state index in [0.29, 0.717) is 0 Å². The number of nitrogens with two attached hydrogens (primary N) is 1. The molecule has 2 rings (SSSR count). The third-order valence-corrected chi connectivity index (χ3v) is 2.82. The number of anilines is 2. The molecule has 3 nitrogen and oxygen atoms in total. The second-order valence-electron chi connectivity index (χ2n) is 4.07. The zero-order chi connectivity index (χ0) is 10.5. The molecule has 1 saturated heterocycles. The maximum Gasteiger partial charge on any atom is 0.0495 e. The van der Waals surface area contributed by atoms with E-state index in [4.69, 9.17) is 10.5 Å². The minimum Gasteiger partial charge on any atom is -0.399 e. The standard InChI is InChI=1S/C12H18N2O/c13-11-1-3-12(4-2-11)14-7-5-10-6-8-15-9-10/h1-4,10,14H,5-9,13H2. The average Bonchev–Trinajstić information content (AvgIpc) is 2.74. The van der Waals surface area contributed by atoms with Crippen LogP contribution in [0.4, 0.5) is 11.4 Å². The van der Waals surface area contributed by atoms with Gasteiger partial charge in [-0.1, -0.05) is 0 Å². The van der Waals surface area contributed by atoms with Gasteiger partial charge in [0.05, 0.1) is 0 Å². The summed E-state index contributed by atoms with van der Waals surface area (Å²) in [5.74, 6) is 0.742. The number of nitrogen functional groups attached to an aromatic ring is 1. The Kier molecular flexibility index (Phi) is 3.45. The number of hydrogen-bond acceptors (Lipinski definition) is 3. The second-order valence-corrected chi connectivity index (χ2v) is 4.07. The van der Waals surface area contributed by atoms with Crippen LogP contribution in [0.5, 0.6) is 0 Å². The molecule has 1 aliphatic rings. The Balaban J connectivity index is 1.71. The molecule has 3 N–H and O–H groups in total. The number of ether oxygens (including phenoxy) is 1. The van der Waals surface area contributed by atoms with Crippen LogP contribution in [-0.2, 0) is 4.74 Å². The monoisotopic (exact) mass is 206 g/mol. The van der Waals surface area contributed by atoms with Gasteiger partial charge in [-0.3, -0.25) is 0 Å². The molecular formula is C12H18N2O. The van der Waals surface area contributed by atoms with Gasteiger partial charge in [0, 0.05) is 31.1 Å². The highest BCUT2D eigenvalue weighted by Crippen LogP contribution is 2.17. The van der Waals surface area contributed by atoms with Gasteiger partial charge in [0.1, 0.15) is 0 Å². The van der Waals surface area contributed by atoms with Crippen LogP contribution in [0, 0.1) is 5.92 Å². The van der Waals surface area contributed by atoms with Crippen LogP contribution in [0.2, 0.25) is 0 Å². The van der Waals surface area contributed by atoms with Crippen LogP contribution in [0.25, 0.3) is 0 Å². The zero-order valence-corrected chi connectivity index (χ0v) is 8.91. The Morgan fingerprint density at radius 1 is 1.33 bits per heavy atom. The molecule has 3 heteroatoms. The molecule has 1 fully saturated rings. The molecule has 0 radical (unpaired) electrons. The van der Waals surface area contributed by atoms with Gasteiger partial charge in [-0.15, -0.1) is 0 Å². The van der Waals surface area contributed by atoms with E-state index in [-0.39, 0.29) is 0 Å². The Morgan fingerprint density at radius 3 is 2.80 bits per heavy atom. The summed E-state index contributed by atoms with van der Waals surface area (Å²) in [6.45, 7) is 2.88. The highest BCUT2D eigenvalue weighted by molar-refractivity contribution is 5.51. The Morgan fingerprint density at radius 2 is 2.13 bits per heavy atom. The lowest BCUT2D eigenvalue weighted by molar-refractivity contribution is 0.185. The molecular weight excluding hydrogens is 188 g/mol. The van der Waals surface area contributed by atoms with E-state index >= 15 is 0 Å². The summed E-state index contributed by atoms with van der Waals surface area (Å²) < 4.78 is 5.33. The average molecular weight is 206 g/mol. The fraction of sp³-hybridized carbons (Fsp3) is 0.500. The number of hydrogen-bond donors (Lipinski definition) is 2. The summed E-state index contributed by atoms with van der Waals surface area (Å²) in [6, 6.07) is 7.86. The van der Waals surface area contributed by atoms with Gasteiger partial charge in [0.2, 0.25) is 0 Å². The van der Waals surface area contributed by atoms with Crippen molar-refractivity contribution in [1.29, 1.82) is 0 Å². The predicted molar refractivity (Wildman–Crippen MR) is 62.9 cm³/mol. The van der Waals surface area contributed by atoms with Gasteiger partial charge in [-0.2, -0.15) is 0 Å². The van der Waals surface area contributed by atoms with Gasteiger partial charge in [0.15, 0.2) is 0 Å². The summed E-state index contributed by atoms with van der Waals surface area (Å²) >= 11 is 0. The van der Waals surface area contributed by atoms with Gasteiger partial charge < -0.3 is 15.8 Å². The molecule has 1 heterocycles. The molecule has 0 saturated carbocycles. The number of rotatable bonds is 4. The van der Waals surface area contributed by atoms with Crippen molar-refractivity contribution in [2.24, 2.45) is 5.92 Å². The molecule has 1 aromatic rings. The van der Waals surface area contributed by atoms with E-state index in [9.17, 15) is 0 Å². The maximum atomic E-state index is 5.61. The summed E-state index contributed by atoms with van der Waals surface area (Å²) in [6.07, 6.45) is 2.40. The Bertz CT molecular complexity index is 291. The summed E-state index contributed by atoms with van der Waals surface area (Å²) in [4.78, 5) is 0. The van der Waals surface area contributed by atoms with Crippen molar-refractivity contribution in [2.75, 3.05) is 30.8 Å². The van der Waals surface area contributed by atoms with Crippen LogP contribution < -0.4 is 11.1 Å². The van der Waals surface area contributed by atoms with Gasteiger partial charge in [-0.25, -0.2) is 0 Å². The normalized spacial score (nSPS) is 20.4. The van der Waals surface area contributed by atoms with E-state index < -0.39 is 0 Å². The van der Waals surface area contributed by atoms with Crippen LogP contribution in [0.3, 0.4) is 0 Å². The first kappa shape index (κ1) is 10.3. The third kappa shape index (κ3) is 3.13. The lowest BCUT2D eigenvalue weighted by atomic mass is 10.1. The van der Waals surface area contributed by atoms with Crippen molar-refractivity contribution in [3.05, 3.63) is 24.3 Å². The molecule has 0 amide bonds. The molecule has 82 valence electrons. The molecule has 0 bridgehead atoms. The van der Waals surface area contributed by atoms with Crippen molar-refractivity contribution in [2.45, 2.75) is 12.8 Å². The third-order valence-electron chi connectivity index (χ3n) is 2.82. The van der Waals surface area contributed by atoms with Gasteiger partial charge in [-0.05, 0) is 43.0 Å². The molecule has 1 atom stereocenters. The second kappa shape index (κ2) is 5.03. The first-order valence-electron chi connectivity index (χ1n) is 5.52. The van der Waals surface area contributed by atoms with Crippen molar-refractivity contribution in [3.63, 3.8) is 0 Å². The first-order chi connectivity index (χ1) is 7.34. The summed E-state index contributed by atoms with van der Waals surface area (Å²) in [5.41, 5.74) is 7.56. The fourth-order valence-corrected chi connectivity index (χ4v) is 1.83. The van der Waals surface area contributed by atoms with E-state index in [1.54, 1.807) is 0 Å². The van der Waals surface area contributed by atoms with Crippen LogP contribution >= 0.6 is 0 Å². The zero-order valence-electron chi connectivity index (χ0n) is 8.91. The fourth-order valence-electron chi connectivity index (χ4n) is 1.83. The smallest absolute Gasteiger partial charge is 0.0495 e. The number of benzene rings is 1. The van der Waals surface area contributed by atoms with Crippen molar-refractivity contribution >= 4 is 11.4 Å². The Hall–Kier alpha value is -1.22. The molecule has 0 spiro atoms. The molecule has 0 aliphatic carbocycles. The van der Waals surface area contributed by atoms with E-state index in [1.165, 1.54) is 12.8 Å². The quantitative estimate of drug-likeness (QED) is 0.742. The molecule has 1 unspecified atom stereocenters. The highest BCUT2D eigenvalue weighted by Gasteiger charge is 2.14. The highest BCUT2D eigenvalue weighted by atomic mass is 16.5. The van der Waals surface area contributed by atoms with E-state index in [1.807, 2.05) is 24.3 Å². The minimum atomic E-state index is 0.742. The van der Waals surface area contributed by atoms with Crippen LogP contribution in [0.15, 0.2) is 24.3 Å². The predicted octanol–water partition coefficient (Wildman–Crippen LogP) is 2.11. The van der Waals surface area contributed by atoms with Crippen molar-refractivity contribution in [1.82, 2.24) is 0 Å². The molecule has 0 aromatic heterocycles. The van der Waals surface area contributed by atoms with E-state index in [0.717, 1.165) is 37.1 Å². The topological polar surface area (TPSA) is 47.3 Å². The number of nitrogens with one attached hydrogen (secondary N) is 1. The van der Waals surface area contributed by atoms with Crippen molar-refractivity contribution < 1.29 is 4.74 Å². The SMILES string of the molecule is Nc1ccc(NCCC2CCOC2)cc1. The lowest BCUT2D eigenvalue weighted by Gasteiger charge is -2.09. The van der Waals surface area contributed by atoms with Gasteiger partial charge >= 0.3 is 0 Å². The van der Waals surface area contributed by atoms with Gasteiger partial charge in [0.25, 0.3) is 0 Å². The van der Waals surface area contributed by atoms with Crippen LogP contribution in [-0.4, -0.2) is 19.8 Å². The molecule has 1 aromatic carbocycles. The summed E-state index contributed by atoms with van der Waals surface area (Å²) in [5, 5.41) is 3.39. The largest absolute Gasteiger partial charge is 0.399 e. The van der Waals surface area contributed by atoms with Crippen molar-refractivity contribution in [3.8, 4) is 0 Å². The first-order valence-corrected chi connectivity index (χ1v) is 5.52. The lowest BCUT2D eigenvalue weighted by Crippen LogP contribution is -2.08. The molecule has 15 heavy (non-hydrogen) atoms. The maximum absolute atomic E-state index is 5.61. The molecule has 1 aliphatic heterocycles. The summed E-state index contributed by atoms with van der Waals surface area (Å²) in [7, 11) is 0.